The molecule has 0 spiro atoms. The summed E-state index contributed by atoms with van der Waals surface area (Å²) in [6, 6.07) is 5.60. The summed E-state index contributed by atoms with van der Waals surface area (Å²) in [7, 11) is 0. The third-order valence-corrected chi connectivity index (χ3v) is 7.63. The number of nitrogens with zero attached hydrogens (tertiary/aromatic N) is 1. The Labute approximate surface area is 301 Å². The Morgan fingerprint density at radius 1 is 0.804 bits per heavy atom. The van der Waals surface area contributed by atoms with Gasteiger partial charge in [0.2, 0.25) is 0 Å². The molecule has 1 N–H and O–H groups in total. The summed E-state index contributed by atoms with van der Waals surface area (Å²) in [4.78, 5) is 64.6. The van der Waals surface area contributed by atoms with Crippen molar-refractivity contribution in [2.75, 3.05) is 6.61 Å². The third-order valence-electron chi connectivity index (χ3n) is 7.63. The second-order valence-electron chi connectivity index (χ2n) is 16.8. The molecular formula is C38H56N2O11. The van der Waals surface area contributed by atoms with E-state index in [1.807, 2.05) is 0 Å². The molecule has 1 saturated heterocycles. The molecule has 0 unspecified atom stereocenters. The van der Waals surface area contributed by atoms with E-state index < -0.39 is 93.8 Å². The van der Waals surface area contributed by atoms with Crippen LogP contribution in [0.25, 0.3) is 6.08 Å². The molecule has 2 rings (SSSR count). The summed E-state index contributed by atoms with van der Waals surface area (Å²) in [6.07, 6.45) is -1.48. The van der Waals surface area contributed by atoms with Crippen LogP contribution < -0.4 is 5.32 Å². The van der Waals surface area contributed by atoms with E-state index in [4.69, 9.17) is 23.7 Å². The molecule has 1 aliphatic heterocycles. The standard InChI is InChI=1S/C38H56N2O11/c1-14-17-24(21-20-23-18-15-16-19-25(23)40(45)46)39-30-29(51-34(44)38(11,12)13)28(50-33(43)37(8,9)10)27(49-32(42)36(5,6)7)26(48-30)22-47-31(41)35(2,3)4/h14-16,18-21,24,26-30,39H,1,17,22H2,2-13H3/b21-20+/t24-,26+,27-,28-,29+,30+/m0/s1. The minimum absolute atomic E-state index is 0.101. The van der Waals surface area contributed by atoms with Crippen LogP contribution >= 0.6 is 0 Å². The van der Waals surface area contributed by atoms with Crippen molar-refractivity contribution in [2.45, 2.75) is 126 Å². The monoisotopic (exact) mass is 716 g/mol. The lowest BCUT2D eigenvalue weighted by Crippen LogP contribution is -2.67. The molecule has 13 nitrogen and oxygen atoms in total. The predicted molar refractivity (Wildman–Crippen MR) is 191 cm³/mol. The van der Waals surface area contributed by atoms with Crippen LogP contribution in [-0.4, -0.2) is 72.1 Å². The van der Waals surface area contributed by atoms with E-state index in [-0.39, 0.29) is 12.1 Å². The molecule has 1 aromatic rings. The van der Waals surface area contributed by atoms with Crippen LogP contribution in [0.5, 0.6) is 0 Å². The van der Waals surface area contributed by atoms with Crippen LogP contribution in [0.2, 0.25) is 0 Å². The number of carbonyl (C=O) groups excluding carboxylic acids is 4. The van der Waals surface area contributed by atoms with Crippen LogP contribution in [0.1, 0.15) is 95.1 Å². The number of carbonyl (C=O) groups is 4. The lowest BCUT2D eigenvalue weighted by atomic mass is 9.92. The maximum Gasteiger partial charge on any atom is 0.311 e. The first-order chi connectivity index (χ1) is 23.3. The van der Waals surface area contributed by atoms with Crippen molar-refractivity contribution < 1.29 is 47.8 Å². The molecule has 0 aliphatic carbocycles. The van der Waals surface area contributed by atoms with Crippen molar-refractivity contribution in [1.82, 2.24) is 5.32 Å². The lowest BCUT2D eigenvalue weighted by molar-refractivity contribution is -0.385. The largest absolute Gasteiger partial charge is 0.462 e. The Bertz CT molecular complexity index is 1460. The smallest absolute Gasteiger partial charge is 0.311 e. The highest BCUT2D eigenvalue weighted by Gasteiger charge is 2.54. The lowest BCUT2D eigenvalue weighted by Gasteiger charge is -2.47. The van der Waals surface area contributed by atoms with Gasteiger partial charge in [-0.15, -0.1) is 6.58 Å². The number of rotatable bonds is 12. The van der Waals surface area contributed by atoms with Crippen LogP contribution in [0.15, 0.2) is 43.0 Å². The fraction of sp³-hybridized carbons (Fsp3) is 0.632. The minimum atomic E-state index is -1.43. The molecule has 1 heterocycles. The summed E-state index contributed by atoms with van der Waals surface area (Å²) in [5.74, 6) is -2.55. The van der Waals surface area contributed by atoms with Crippen LogP contribution in [0.3, 0.4) is 0 Å². The minimum Gasteiger partial charge on any atom is -0.462 e. The molecule has 0 aromatic heterocycles. The van der Waals surface area contributed by atoms with E-state index >= 15 is 0 Å². The van der Waals surface area contributed by atoms with E-state index in [1.54, 1.807) is 120 Å². The highest BCUT2D eigenvalue weighted by Crippen LogP contribution is 2.34. The quantitative estimate of drug-likeness (QED) is 0.0840. The first-order valence-electron chi connectivity index (χ1n) is 17.0. The second kappa shape index (κ2) is 16.9. The molecule has 1 aromatic carbocycles. The van der Waals surface area contributed by atoms with Crippen molar-refractivity contribution in [2.24, 2.45) is 21.7 Å². The summed E-state index contributed by atoms with van der Waals surface area (Å²) in [5, 5.41) is 14.9. The molecule has 0 radical (unpaired) electrons. The van der Waals surface area contributed by atoms with Gasteiger partial charge in [-0.05, 0) is 95.6 Å². The average Bonchev–Trinajstić information content (AvgIpc) is 2.99. The molecule has 0 saturated carbocycles. The Balaban J connectivity index is 2.78. The maximum atomic E-state index is 13.5. The van der Waals surface area contributed by atoms with Crippen LogP contribution in [0.4, 0.5) is 5.69 Å². The zero-order chi connectivity index (χ0) is 39.1. The number of esters is 4. The molecule has 13 heteroatoms. The predicted octanol–water partition coefficient (Wildman–Crippen LogP) is 6.33. The zero-order valence-electron chi connectivity index (χ0n) is 32.1. The van der Waals surface area contributed by atoms with E-state index in [2.05, 4.69) is 11.9 Å². The SMILES string of the molecule is C=CC[C@@H](/C=C/c1ccccc1[N+](=O)[O-])N[C@@H]1O[C@H](COC(=O)C(C)(C)C)[C@H](OC(=O)C(C)(C)C)[C@H](OC(=O)C(C)(C)C)[C@H]1OC(=O)C(C)(C)C. The van der Waals surface area contributed by atoms with Gasteiger partial charge in [0.15, 0.2) is 24.5 Å². The van der Waals surface area contributed by atoms with Crippen molar-refractivity contribution in [3.8, 4) is 0 Å². The Hall–Kier alpha value is -4.10. The number of benzene rings is 1. The number of nitrogens with one attached hydrogen (secondary N) is 1. The van der Waals surface area contributed by atoms with Crippen LogP contribution in [0, 0.1) is 31.8 Å². The summed E-state index contributed by atoms with van der Waals surface area (Å²) >= 11 is 0. The summed E-state index contributed by atoms with van der Waals surface area (Å²) in [6.45, 7) is 23.3. The van der Waals surface area contributed by atoms with Gasteiger partial charge < -0.3 is 23.7 Å². The number of para-hydroxylation sites is 1. The Morgan fingerprint density at radius 2 is 1.27 bits per heavy atom. The maximum absolute atomic E-state index is 13.5. The zero-order valence-corrected chi connectivity index (χ0v) is 32.1. The number of hydrogen-bond acceptors (Lipinski definition) is 12. The fourth-order valence-electron chi connectivity index (χ4n) is 4.47. The van der Waals surface area contributed by atoms with Gasteiger partial charge in [-0.2, -0.15) is 0 Å². The van der Waals surface area contributed by atoms with Crippen molar-refractivity contribution in [3.63, 3.8) is 0 Å². The number of nitro groups is 1. The number of hydrogen-bond donors (Lipinski definition) is 1. The van der Waals surface area contributed by atoms with Gasteiger partial charge in [-0.1, -0.05) is 30.4 Å². The molecule has 284 valence electrons. The second-order valence-corrected chi connectivity index (χ2v) is 16.8. The van der Waals surface area contributed by atoms with Gasteiger partial charge in [0.05, 0.1) is 32.1 Å². The van der Waals surface area contributed by atoms with Crippen molar-refractivity contribution in [1.29, 1.82) is 0 Å². The molecule has 1 fully saturated rings. The highest BCUT2D eigenvalue weighted by atomic mass is 16.7. The van der Waals surface area contributed by atoms with E-state index in [1.165, 1.54) is 6.07 Å². The Kier molecular flexibility index (Phi) is 14.3. The molecule has 51 heavy (non-hydrogen) atoms. The molecule has 0 bridgehead atoms. The fourth-order valence-corrected chi connectivity index (χ4v) is 4.47. The van der Waals surface area contributed by atoms with Crippen LogP contribution in [-0.2, 0) is 42.9 Å². The number of ether oxygens (including phenoxy) is 5. The van der Waals surface area contributed by atoms with Gasteiger partial charge in [-0.3, -0.25) is 34.6 Å². The van der Waals surface area contributed by atoms with Gasteiger partial charge in [0, 0.05) is 12.1 Å². The molecule has 6 atom stereocenters. The van der Waals surface area contributed by atoms with Gasteiger partial charge in [-0.25, -0.2) is 0 Å². The average molecular weight is 717 g/mol. The summed E-state index contributed by atoms with van der Waals surface area (Å²) < 4.78 is 30.3. The highest BCUT2D eigenvalue weighted by molar-refractivity contribution is 5.78. The van der Waals surface area contributed by atoms with E-state index in [9.17, 15) is 29.3 Å². The first kappa shape index (κ1) is 43.1. The topological polar surface area (TPSA) is 170 Å². The third kappa shape index (κ3) is 12.6. The van der Waals surface area contributed by atoms with Gasteiger partial charge >= 0.3 is 23.9 Å². The Morgan fingerprint density at radius 3 is 1.75 bits per heavy atom. The van der Waals surface area contributed by atoms with Gasteiger partial charge in [0.25, 0.3) is 5.69 Å². The van der Waals surface area contributed by atoms with E-state index in [0.717, 1.165) is 0 Å². The van der Waals surface area contributed by atoms with Crippen molar-refractivity contribution in [3.05, 3.63) is 58.7 Å². The summed E-state index contributed by atoms with van der Waals surface area (Å²) in [5.41, 5.74) is -3.67. The normalized spacial score (nSPS) is 22.1. The molecule has 1 aliphatic rings. The number of nitro benzene ring substituents is 1. The first-order valence-corrected chi connectivity index (χ1v) is 17.0. The van der Waals surface area contributed by atoms with Crippen molar-refractivity contribution >= 4 is 35.6 Å². The molecule has 0 amide bonds. The molecular weight excluding hydrogens is 660 g/mol. The van der Waals surface area contributed by atoms with E-state index in [0.29, 0.717) is 5.56 Å². The van der Waals surface area contributed by atoms with Gasteiger partial charge in [0.1, 0.15) is 12.7 Å².